The van der Waals surface area contributed by atoms with Crippen LogP contribution in [0.4, 0.5) is 0 Å². The van der Waals surface area contributed by atoms with Crippen molar-refractivity contribution in [3.05, 3.63) is 40.2 Å². The summed E-state index contributed by atoms with van der Waals surface area (Å²) in [6.45, 7) is 6.54. The van der Waals surface area contributed by atoms with E-state index >= 15 is 0 Å². The van der Waals surface area contributed by atoms with Crippen molar-refractivity contribution in [3.63, 3.8) is 0 Å². The van der Waals surface area contributed by atoms with E-state index in [-0.39, 0.29) is 22.0 Å². The zero-order valence-corrected chi connectivity index (χ0v) is 13.1. The lowest BCUT2D eigenvalue weighted by Crippen LogP contribution is -2.17. The summed E-state index contributed by atoms with van der Waals surface area (Å²) in [6.07, 6.45) is 7.31. The summed E-state index contributed by atoms with van der Waals surface area (Å²) in [5.74, 6) is 0.0125. The van der Waals surface area contributed by atoms with Crippen LogP contribution >= 0.6 is 0 Å². The van der Waals surface area contributed by atoms with Crippen LogP contribution in [0.1, 0.15) is 58.4 Å². The summed E-state index contributed by atoms with van der Waals surface area (Å²) in [6, 6.07) is 4.92. The van der Waals surface area contributed by atoms with Gasteiger partial charge in [0, 0.05) is 6.07 Å². The number of rotatable bonds is 6. The zero-order chi connectivity index (χ0) is 15.5. The van der Waals surface area contributed by atoms with Gasteiger partial charge < -0.3 is 9.52 Å². The fourth-order valence-electron chi connectivity index (χ4n) is 2.72. The fraction of sp³-hybridized carbons (Fsp3) is 0.500. The maximum absolute atomic E-state index is 11.8. The SMILES string of the molecule is CCCCCCC(C)(C)c1cc(O)c2c(=O)ccoc2c1. The fourth-order valence-corrected chi connectivity index (χ4v) is 2.72. The third kappa shape index (κ3) is 3.46. The van der Waals surface area contributed by atoms with Gasteiger partial charge in [0.2, 0.25) is 0 Å². The number of phenolic OH excluding ortho intramolecular Hbond substituents is 1. The molecular formula is C18H24O3. The van der Waals surface area contributed by atoms with Gasteiger partial charge in [-0.2, -0.15) is 0 Å². The second-order valence-electron chi connectivity index (χ2n) is 6.35. The molecule has 0 fully saturated rings. The van der Waals surface area contributed by atoms with Crippen LogP contribution < -0.4 is 5.43 Å². The van der Waals surface area contributed by atoms with Crippen molar-refractivity contribution in [1.82, 2.24) is 0 Å². The van der Waals surface area contributed by atoms with Crippen LogP contribution in [0.25, 0.3) is 11.0 Å². The highest BCUT2D eigenvalue weighted by atomic mass is 16.3. The number of hydrogen-bond acceptors (Lipinski definition) is 3. The lowest BCUT2D eigenvalue weighted by atomic mass is 9.79. The van der Waals surface area contributed by atoms with Gasteiger partial charge in [0.25, 0.3) is 0 Å². The summed E-state index contributed by atoms with van der Waals surface area (Å²) < 4.78 is 5.39. The molecule has 1 heterocycles. The Bertz CT molecular complexity index is 668. The zero-order valence-electron chi connectivity index (χ0n) is 13.1. The molecule has 114 valence electrons. The van der Waals surface area contributed by atoms with E-state index in [2.05, 4.69) is 20.8 Å². The maximum atomic E-state index is 11.8. The highest BCUT2D eigenvalue weighted by Crippen LogP contribution is 2.34. The van der Waals surface area contributed by atoms with Gasteiger partial charge in [-0.25, -0.2) is 0 Å². The van der Waals surface area contributed by atoms with Gasteiger partial charge >= 0.3 is 0 Å². The molecule has 0 atom stereocenters. The molecule has 3 heteroatoms. The van der Waals surface area contributed by atoms with E-state index in [1.807, 2.05) is 6.07 Å². The molecule has 0 radical (unpaired) electrons. The minimum Gasteiger partial charge on any atom is -0.507 e. The number of unbranched alkanes of at least 4 members (excludes halogenated alkanes) is 3. The molecule has 1 aromatic heterocycles. The highest BCUT2D eigenvalue weighted by molar-refractivity contribution is 5.83. The Morgan fingerprint density at radius 3 is 2.67 bits per heavy atom. The molecule has 21 heavy (non-hydrogen) atoms. The number of aromatic hydroxyl groups is 1. The van der Waals surface area contributed by atoms with Crippen molar-refractivity contribution in [3.8, 4) is 5.75 Å². The number of phenols is 1. The largest absolute Gasteiger partial charge is 0.507 e. The second kappa shape index (κ2) is 6.33. The molecule has 0 spiro atoms. The van der Waals surface area contributed by atoms with E-state index in [0.29, 0.717) is 5.58 Å². The van der Waals surface area contributed by atoms with Crippen molar-refractivity contribution in [1.29, 1.82) is 0 Å². The average Bonchev–Trinajstić information content (AvgIpc) is 2.43. The molecule has 0 aliphatic carbocycles. The van der Waals surface area contributed by atoms with E-state index in [0.717, 1.165) is 12.0 Å². The van der Waals surface area contributed by atoms with Crippen LogP contribution in [0.5, 0.6) is 5.75 Å². The Hall–Kier alpha value is -1.77. The molecule has 0 unspecified atom stereocenters. The number of fused-ring (bicyclic) bond motifs is 1. The topological polar surface area (TPSA) is 50.4 Å². The van der Waals surface area contributed by atoms with E-state index in [1.165, 1.54) is 38.0 Å². The second-order valence-corrected chi connectivity index (χ2v) is 6.35. The lowest BCUT2D eigenvalue weighted by molar-refractivity contribution is 0.438. The van der Waals surface area contributed by atoms with Gasteiger partial charge in [-0.3, -0.25) is 4.79 Å². The summed E-state index contributed by atoms with van der Waals surface area (Å²) in [5.41, 5.74) is 1.21. The third-order valence-corrected chi connectivity index (χ3v) is 4.18. The first kappa shape index (κ1) is 15.6. The Morgan fingerprint density at radius 2 is 1.95 bits per heavy atom. The van der Waals surface area contributed by atoms with E-state index in [1.54, 1.807) is 6.07 Å². The van der Waals surface area contributed by atoms with Crippen molar-refractivity contribution >= 4 is 11.0 Å². The predicted molar refractivity (Wildman–Crippen MR) is 85.9 cm³/mol. The molecule has 1 aromatic carbocycles. The van der Waals surface area contributed by atoms with Crippen LogP contribution in [0.3, 0.4) is 0 Å². The molecule has 0 amide bonds. The summed E-state index contributed by atoms with van der Waals surface area (Å²) in [7, 11) is 0. The summed E-state index contributed by atoms with van der Waals surface area (Å²) >= 11 is 0. The van der Waals surface area contributed by atoms with Gasteiger partial charge in [0.1, 0.15) is 16.7 Å². The molecule has 0 bridgehead atoms. The Balaban J connectivity index is 2.31. The van der Waals surface area contributed by atoms with E-state index < -0.39 is 0 Å². The molecule has 2 rings (SSSR count). The van der Waals surface area contributed by atoms with Gasteiger partial charge in [0.15, 0.2) is 5.43 Å². The Morgan fingerprint density at radius 1 is 1.19 bits per heavy atom. The molecule has 0 saturated heterocycles. The minimum absolute atomic E-state index is 0.0125. The monoisotopic (exact) mass is 288 g/mol. The van der Waals surface area contributed by atoms with Gasteiger partial charge in [-0.1, -0.05) is 46.5 Å². The molecule has 2 aromatic rings. The molecule has 0 aliphatic heterocycles. The summed E-state index contributed by atoms with van der Waals surface area (Å²) in [5, 5.41) is 10.4. The smallest absolute Gasteiger partial charge is 0.196 e. The first-order valence-electron chi connectivity index (χ1n) is 7.70. The Labute approximate surface area is 125 Å². The normalized spacial score (nSPS) is 12.0. The molecule has 1 N–H and O–H groups in total. The molecule has 0 aliphatic rings. The van der Waals surface area contributed by atoms with Crippen molar-refractivity contribution < 1.29 is 9.52 Å². The summed E-state index contributed by atoms with van der Waals surface area (Å²) in [4.78, 5) is 11.8. The maximum Gasteiger partial charge on any atom is 0.196 e. The Kier molecular flexibility index (Phi) is 4.71. The van der Waals surface area contributed by atoms with Gasteiger partial charge in [-0.15, -0.1) is 0 Å². The van der Waals surface area contributed by atoms with Crippen molar-refractivity contribution in [2.45, 2.75) is 58.3 Å². The lowest BCUT2D eigenvalue weighted by Gasteiger charge is -2.25. The molecule has 3 nitrogen and oxygen atoms in total. The van der Waals surface area contributed by atoms with Crippen LogP contribution in [0.15, 0.2) is 33.7 Å². The number of benzene rings is 1. The van der Waals surface area contributed by atoms with Crippen LogP contribution in [-0.2, 0) is 5.41 Å². The first-order chi connectivity index (χ1) is 9.95. The van der Waals surface area contributed by atoms with Crippen molar-refractivity contribution in [2.24, 2.45) is 0 Å². The quantitative estimate of drug-likeness (QED) is 0.781. The van der Waals surface area contributed by atoms with Crippen molar-refractivity contribution in [2.75, 3.05) is 0 Å². The standard InChI is InChI=1S/C18H24O3/c1-4-5-6-7-9-18(2,3)13-11-15(20)17-14(19)8-10-21-16(17)12-13/h8,10-12,20H,4-7,9H2,1-3H3. The van der Waals surface area contributed by atoms with E-state index in [4.69, 9.17) is 4.42 Å². The van der Waals surface area contributed by atoms with Crippen LogP contribution in [0.2, 0.25) is 0 Å². The minimum atomic E-state index is -0.207. The van der Waals surface area contributed by atoms with E-state index in [9.17, 15) is 9.90 Å². The number of hydrogen-bond donors (Lipinski definition) is 1. The van der Waals surface area contributed by atoms with Crippen LogP contribution in [-0.4, -0.2) is 5.11 Å². The predicted octanol–water partition coefficient (Wildman–Crippen LogP) is 4.75. The van der Waals surface area contributed by atoms with Crippen LogP contribution in [0, 0.1) is 0 Å². The van der Waals surface area contributed by atoms with Gasteiger partial charge in [-0.05, 0) is 29.5 Å². The molecular weight excluding hydrogens is 264 g/mol. The van der Waals surface area contributed by atoms with Gasteiger partial charge in [0.05, 0.1) is 6.26 Å². The highest BCUT2D eigenvalue weighted by Gasteiger charge is 2.22. The first-order valence-corrected chi connectivity index (χ1v) is 7.70. The molecule has 0 saturated carbocycles. The average molecular weight is 288 g/mol. The third-order valence-electron chi connectivity index (χ3n) is 4.18.